The molecule has 32 heavy (non-hydrogen) atoms. The summed E-state index contributed by atoms with van der Waals surface area (Å²) < 4.78 is 13.7. The first kappa shape index (κ1) is 20.8. The lowest BCUT2D eigenvalue weighted by atomic mass is 9.60. The van der Waals surface area contributed by atoms with Crippen LogP contribution in [-0.2, 0) is 11.3 Å². The molecule has 6 rings (SSSR count). The molecule has 0 unspecified atom stereocenters. The summed E-state index contributed by atoms with van der Waals surface area (Å²) in [6.45, 7) is 6.71. The molecule has 1 aromatic heterocycles. The molecule has 2 amide bonds. The Morgan fingerprint density at radius 3 is 2.84 bits per heavy atom. The standard InChI is InChI=1S/C24H30N4O4/c1-5-28-14(3)21(13(2)27-28)25-22(29)19-10-16-7-6-15(19)12-24(16)26-23(30)18-9-8-17(31-4)11-20(18)32-24/h8-9,11,15-16,19H,5-7,10,12H2,1-4H3,(H,25,29)(H,26,30)/t15-,16+,19+,24+/m0/s1. The van der Waals surface area contributed by atoms with E-state index in [9.17, 15) is 9.59 Å². The van der Waals surface area contributed by atoms with Crippen molar-refractivity contribution >= 4 is 17.5 Å². The van der Waals surface area contributed by atoms with Crippen molar-refractivity contribution in [3.63, 3.8) is 0 Å². The number of anilines is 1. The molecule has 2 N–H and O–H groups in total. The van der Waals surface area contributed by atoms with Crippen LogP contribution in [0.1, 0.15) is 54.4 Å². The van der Waals surface area contributed by atoms with Gasteiger partial charge in [-0.1, -0.05) is 0 Å². The molecule has 0 radical (unpaired) electrons. The summed E-state index contributed by atoms with van der Waals surface area (Å²) in [5.74, 6) is 1.25. The summed E-state index contributed by atoms with van der Waals surface area (Å²) in [4.78, 5) is 26.2. The smallest absolute Gasteiger partial charge is 0.258 e. The Balaban J connectivity index is 1.36. The first-order valence-electron chi connectivity index (χ1n) is 11.4. The van der Waals surface area contributed by atoms with E-state index in [4.69, 9.17) is 9.47 Å². The summed E-state index contributed by atoms with van der Waals surface area (Å²) in [7, 11) is 1.60. The van der Waals surface area contributed by atoms with Gasteiger partial charge in [0.15, 0.2) is 5.72 Å². The highest BCUT2D eigenvalue weighted by Gasteiger charge is 2.57. The third-order valence-electron chi connectivity index (χ3n) is 7.53. The number of ether oxygens (including phenoxy) is 2. The molecule has 3 aliphatic carbocycles. The highest BCUT2D eigenvalue weighted by Crippen LogP contribution is 2.53. The number of rotatable bonds is 4. The van der Waals surface area contributed by atoms with Gasteiger partial charge in [0.25, 0.3) is 5.91 Å². The second-order valence-corrected chi connectivity index (χ2v) is 9.24. The van der Waals surface area contributed by atoms with Crippen LogP contribution in [0, 0.1) is 31.6 Å². The fourth-order valence-corrected chi connectivity index (χ4v) is 5.84. The Morgan fingerprint density at radius 2 is 2.19 bits per heavy atom. The van der Waals surface area contributed by atoms with Crippen LogP contribution >= 0.6 is 0 Å². The lowest BCUT2D eigenvalue weighted by Crippen LogP contribution is -2.66. The number of nitrogens with zero attached hydrogens (tertiary/aromatic N) is 2. The van der Waals surface area contributed by atoms with E-state index in [-0.39, 0.29) is 29.6 Å². The summed E-state index contributed by atoms with van der Waals surface area (Å²) in [5, 5.41) is 10.8. The maximum atomic E-state index is 13.3. The molecule has 8 nitrogen and oxygen atoms in total. The van der Waals surface area contributed by atoms with Crippen molar-refractivity contribution in [1.29, 1.82) is 0 Å². The van der Waals surface area contributed by atoms with Crippen LogP contribution in [-0.4, -0.2) is 34.4 Å². The van der Waals surface area contributed by atoms with Gasteiger partial charge in [-0.3, -0.25) is 14.3 Å². The second kappa shape index (κ2) is 7.53. The predicted octanol–water partition coefficient (Wildman–Crippen LogP) is 3.42. The van der Waals surface area contributed by atoms with Gasteiger partial charge in [0.1, 0.15) is 11.5 Å². The number of carbonyl (C=O) groups excluding carboxylic acids is 2. The lowest BCUT2D eigenvalue weighted by Gasteiger charge is -2.55. The molecular formula is C24H30N4O4. The average Bonchev–Trinajstić information content (AvgIpc) is 3.06. The SMILES string of the molecule is CCn1nc(C)c(NC(=O)[C@@H]2C[C@H]3CC[C@H]2C[C@]32NC(=O)c3ccc(OC)cc3O2)c1C. The summed E-state index contributed by atoms with van der Waals surface area (Å²) >= 11 is 0. The molecule has 1 aromatic carbocycles. The van der Waals surface area contributed by atoms with E-state index in [0.717, 1.165) is 36.5 Å². The van der Waals surface area contributed by atoms with Gasteiger partial charge >= 0.3 is 0 Å². The zero-order chi connectivity index (χ0) is 22.6. The van der Waals surface area contributed by atoms with Gasteiger partial charge in [-0.2, -0.15) is 5.10 Å². The highest BCUT2D eigenvalue weighted by molar-refractivity contribution is 5.99. The largest absolute Gasteiger partial charge is 0.497 e. The maximum Gasteiger partial charge on any atom is 0.258 e. The Hall–Kier alpha value is -3.03. The number of amides is 2. The topological polar surface area (TPSA) is 94.5 Å². The van der Waals surface area contributed by atoms with Crippen molar-refractivity contribution in [2.24, 2.45) is 17.8 Å². The molecule has 1 aliphatic heterocycles. The van der Waals surface area contributed by atoms with Gasteiger partial charge in [-0.25, -0.2) is 0 Å². The summed E-state index contributed by atoms with van der Waals surface area (Å²) in [6.07, 6.45) is 3.21. The van der Waals surface area contributed by atoms with Crippen molar-refractivity contribution < 1.29 is 19.1 Å². The molecule has 170 valence electrons. The van der Waals surface area contributed by atoms with Crippen LogP contribution in [0.2, 0.25) is 0 Å². The monoisotopic (exact) mass is 438 g/mol. The molecule has 2 heterocycles. The van der Waals surface area contributed by atoms with E-state index in [1.54, 1.807) is 25.3 Å². The fourth-order valence-electron chi connectivity index (χ4n) is 5.84. The average molecular weight is 439 g/mol. The minimum atomic E-state index is -0.755. The van der Waals surface area contributed by atoms with E-state index in [1.165, 1.54) is 0 Å². The summed E-state index contributed by atoms with van der Waals surface area (Å²) in [5.41, 5.74) is 2.39. The second-order valence-electron chi connectivity index (χ2n) is 9.24. The van der Waals surface area contributed by atoms with Crippen LogP contribution in [0.15, 0.2) is 18.2 Å². The van der Waals surface area contributed by atoms with Crippen molar-refractivity contribution in [1.82, 2.24) is 15.1 Å². The molecule has 2 bridgehead atoms. The van der Waals surface area contributed by atoms with Gasteiger partial charge in [0.2, 0.25) is 5.91 Å². The highest BCUT2D eigenvalue weighted by atomic mass is 16.5. The van der Waals surface area contributed by atoms with Crippen LogP contribution in [0.5, 0.6) is 11.5 Å². The van der Waals surface area contributed by atoms with E-state index >= 15 is 0 Å². The first-order valence-corrected chi connectivity index (χ1v) is 11.4. The van der Waals surface area contributed by atoms with Crippen molar-refractivity contribution in [3.8, 4) is 11.5 Å². The van der Waals surface area contributed by atoms with Gasteiger partial charge in [-0.15, -0.1) is 0 Å². The minimum absolute atomic E-state index is 0.0422. The minimum Gasteiger partial charge on any atom is -0.497 e. The number of aromatic nitrogens is 2. The van der Waals surface area contributed by atoms with Crippen molar-refractivity contribution in [3.05, 3.63) is 35.2 Å². The van der Waals surface area contributed by atoms with Crippen LogP contribution in [0.4, 0.5) is 5.69 Å². The van der Waals surface area contributed by atoms with Crippen molar-refractivity contribution in [2.45, 2.75) is 58.7 Å². The number of fused-ring (bicyclic) bond motifs is 3. The molecule has 4 aliphatic rings. The quantitative estimate of drug-likeness (QED) is 0.763. The van der Waals surface area contributed by atoms with E-state index < -0.39 is 5.72 Å². The normalized spacial score (nSPS) is 28.1. The molecular weight excluding hydrogens is 408 g/mol. The number of methoxy groups -OCH3 is 1. The third kappa shape index (κ3) is 3.15. The maximum absolute atomic E-state index is 13.3. The molecule has 8 heteroatoms. The van der Waals surface area contributed by atoms with E-state index in [1.807, 2.05) is 25.5 Å². The van der Waals surface area contributed by atoms with Crippen molar-refractivity contribution in [2.75, 3.05) is 12.4 Å². The predicted molar refractivity (Wildman–Crippen MR) is 119 cm³/mol. The van der Waals surface area contributed by atoms with Crippen LogP contribution in [0.3, 0.4) is 0 Å². The van der Waals surface area contributed by atoms with E-state index in [0.29, 0.717) is 29.9 Å². The molecule has 2 aromatic rings. The number of hydrogen-bond donors (Lipinski definition) is 2. The Morgan fingerprint density at radius 1 is 1.38 bits per heavy atom. The molecule has 3 fully saturated rings. The fraction of sp³-hybridized carbons (Fsp3) is 0.542. The first-order chi connectivity index (χ1) is 15.3. The van der Waals surface area contributed by atoms with Gasteiger partial charge in [-0.05, 0) is 58.1 Å². The zero-order valence-corrected chi connectivity index (χ0v) is 19.0. The Labute approximate surface area is 187 Å². The zero-order valence-electron chi connectivity index (χ0n) is 19.0. The van der Waals surface area contributed by atoms with E-state index in [2.05, 4.69) is 15.7 Å². The number of carbonyl (C=O) groups is 2. The van der Waals surface area contributed by atoms with Gasteiger partial charge in [0, 0.05) is 30.9 Å². The third-order valence-corrected chi connectivity index (χ3v) is 7.53. The lowest BCUT2D eigenvalue weighted by molar-refractivity contribution is -0.142. The Kier molecular flexibility index (Phi) is 4.91. The van der Waals surface area contributed by atoms with Crippen LogP contribution < -0.4 is 20.1 Å². The molecule has 3 saturated carbocycles. The molecule has 4 atom stereocenters. The molecule has 1 spiro atoms. The number of nitrogens with one attached hydrogen (secondary N) is 2. The van der Waals surface area contributed by atoms with Gasteiger partial charge in [0.05, 0.1) is 29.7 Å². The molecule has 0 saturated heterocycles. The summed E-state index contributed by atoms with van der Waals surface area (Å²) in [6, 6.07) is 5.27. The Bertz CT molecular complexity index is 1090. The van der Waals surface area contributed by atoms with Crippen LogP contribution in [0.25, 0.3) is 0 Å². The number of benzene rings is 1. The van der Waals surface area contributed by atoms with Gasteiger partial charge < -0.3 is 20.1 Å². The number of aryl methyl sites for hydroxylation is 2. The number of hydrogen-bond acceptors (Lipinski definition) is 5.